The van der Waals surface area contributed by atoms with Gasteiger partial charge in [-0.15, -0.1) is 0 Å². The Kier molecular flexibility index (Phi) is 6.91. The van der Waals surface area contributed by atoms with Crippen molar-refractivity contribution in [2.75, 3.05) is 19.6 Å². The number of rotatable bonds is 4. The molecular formula is C17H19F6N3O2. The van der Waals surface area contributed by atoms with Crippen LogP contribution in [0.1, 0.15) is 36.4 Å². The summed E-state index contributed by atoms with van der Waals surface area (Å²) in [7, 11) is 0. The number of likely N-dealkylation sites (tertiary alicyclic amines) is 1. The number of piperidine rings is 1. The number of alkyl halides is 6. The Bertz CT molecular complexity index is 688. The number of hydrogen-bond donors (Lipinski definition) is 2. The van der Waals surface area contributed by atoms with Gasteiger partial charge in [0.25, 0.3) is 0 Å². The number of imide groups is 1. The van der Waals surface area contributed by atoms with Crippen molar-refractivity contribution < 1.29 is 35.9 Å². The fourth-order valence-corrected chi connectivity index (χ4v) is 3.03. The van der Waals surface area contributed by atoms with Gasteiger partial charge in [0.15, 0.2) is 0 Å². The van der Waals surface area contributed by atoms with Gasteiger partial charge in [-0.3, -0.25) is 15.0 Å². The minimum Gasteiger partial charge on any atom is -0.329 e. The Labute approximate surface area is 157 Å². The van der Waals surface area contributed by atoms with E-state index < -0.39 is 36.4 Å². The van der Waals surface area contributed by atoms with Crippen molar-refractivity contribution in [3.8, 4) is 0 Å². The average Bonchev–Trinajstić information content (AvgIpc) is 2.59. The van der Waals surface area contributed by atoms with E-state index in [-0.39, 0.29) is 12.6 Å². The molecule has 0 spiro atoms. The summed E-state index contributed by atoms with van der Waals surface area (Å²) >= 11 is 0. The Morgan fingerprint density at radius 1 is 1.04 bits per heavy atom. The first-order valence-electron chi connectivity index (χ1n) is 8.51. The van der Waals surface area contributed by atoms with Crippen LogP contribution in [0, 0.1) is 0 Å². The van der Waals surface area contributed by atoms with Crippen molar-refractivity contribution in [1.29, 1.82) is 0 Å². The maximum absolute atomic E-state index is 12.7. The summed E-state index contributed by atoms with van der Waals surface area (Å²) in [5.41, 5.74) is -0.181. The van der Waals surface area contributed by atoms with E-state index in [1.54, 1.807) is 4.90 Å². The molecule has 28 heavy (non-hydrogen) atoms. The number of urea groups is 1. The molecule has 0 aromatic heterocycles. The summed E-state index contributed by atoms with van der Waals surface area (Å²) in [4.78, 5) is 25.0. The van der Waals surface area contributed by atoms with E-state index in [1.807, 2.05) is 5.32 Å². The lowest BCUT2D eigenvalue weighted by Crippen LogP contribution is -2.48. The third-order valence-electron chi connectivity index (χ3n) is 4.29. The Balaban J connectivity index is 1.97. The van der Waals surface area contributed by atoms with Crippen LogP contribution in [0.4, 0.5) is 31.1 Å². The van der Waals surface area contributed by atoms with Gasteiger partial charge in [0.2, 0.25) is 5.91 Å². The first kappa shape index (κ1) is 22.0. The summed E-state index contributed by atoms with van der Waals surface area (Å²) in [6, 6.07) is 3.05. The molecule has 2 N–H and O–H groups in total. The van der Waals surface area contributed by atoms with Crippen molar-refractivity contribution in [3.05, 3.63) is 35.4 Å². The van der Waals surface area contributed by atoms with E-state index in [0.717, 1.165) is 25.0 Å². The van der Waals surface area contributed by atoms with Gasteiger partial charge in [0.05, 0.1) is 12.1 Å². The van der Waals surface area contributed by atoms with Crippen LogP contribution in [-0.2, 0) is 11.0 Å². The van der Waals surface area contributed by atoms with Gasteiger partial charge in [-0.1, -0.05) is 18.6 Å². The largest absolute Gasteiger partial charge is 0.416 e. The number of nitrogens with zero attached hydrogens (tertiary/aromatic N) is 1. The summed E-state index contributed by atoms with van der Waals surface area (Å²) in [6.45, 7) is -1.35. The van der Waals surface area contributed by atoms with Gasteiger partial charge in [0.1, 0.15) is 6.54 Å². The maximum atomic E-state index is 12.7. The number of hydrogen-bond acceptors (Lipinski definition) is 3. The molecule has 1 aromatic rings. The van der Waals surface area contributed by atoms with Crippen molar-refractivity contribution in [3.63, 3.8) is 0 Å². The van der Waals surface area contributed by atoms with Crippen LogP contribution in [0.3, 0.4) is 0 Å². The lowest BCUT2D eigenvalue weighted by Gasteiger charge is -2.35. The standard InChI is InChI=1S/C17H19F6N3O2/c18-16(19,20)10-24-15(28)25-14(27)9-26-8-2-1-3-13(26)11-4-6-12(7-5-11)17(21,22)23/h4-7,13H,1-3,8-10H2,(H2,24,25,27,28). The van der Waals surface area contributed by atoms with Gasteiger partial charge in [-0.25, -0.2) is 4.79 Å². The minimum absolute atomic E-state index is 0.259. The highest BCUT2D eigenvalue weighted by molar-refractivity contribution is 5.95. The second-order valence-corrected chi connectivity index (χ2v) is 6.45. The van der Waals surface area contributed by atoms with E-state index in [0.29, 0.717) is 18.5 Å². The predicted molar refractivity (Wildman–Crippen MR) is 87.2 cm³/mol. The van der Waals surface area contributed by atoms with Gasteiger partial charge in [-0.05, 0) is 37.1 Å². The molecule has 11 heteroatoms. The van der Waals surface area contributed by atoms with Crippen LogP contribution in [0.25, 0.3) is 0 Å². The Hall–Kier alpha value is -2.30. The summed E-state index contributed by atoms with van der Waals surface area (Å²) in [5.74, 6) is -0.793. The molecule has 5 nitrogen and oxygen atoms in total. The molecule has 1 saturated heterocycles. The zero-order valence-corrected chi connectivity index (χ0v) is 14.7. The predicted octanol–water partition coefficient (Wildman–Crippen LogP) is 3.62. The van der Waals surface area contributed by atoms with Gasteiger partial charge >= 0.3 is 18.4 Å². The first-order chi connectivity index (χ1) is 13.0. The van der Waals surface area contributed by atoms with Gasteiger partial charge in [0, 0.05) is 6.04 Å². The SMILES string of the molecule is O=C(CN1CCCCC1c1ccc(C(F)(F)F)cc1)NC(=O)NCC(F)(F)F. The molecule has 3 amide bonds. The van der Waals surface area contributed by atoms with Crippen molar-refractivity contribution in [2.45, 2.75) is 37.7 Å². The quantitative estimate of drug-likeness (QED) is 0.744. The fourth-order valence-electron chi connectivity index (χ4n) is 3.03. The van der Waals surface area contributed by atoms with E-state index in [4.69, 9.17) is 0 Å². The second-order valence-electron chi connectivity index (χ2n) is 6.45. The monoisotopic (exact) mass is 411 g/mol. The molecule has 1 heterocycles. The first-order valence-corrected chi connectivity index (χ1v) is 8.51. The molecule has 1 unspecified atom stereocenters. The van der Waals surface area contributed by atoms with E-state index in [2.05, 4.69) is 0 Å². The molecular weight excluding hydrogens is 392 g/mol. The molecule has 2 rings (SSSR count). The van der Waals surface area contributed by atoms with Gasteiger partial charge < -0.3 is 5.32 Å². The van der Waals surface area contributed by atoms with Crippen molar-refractivity contribution in [2.24, 2.45) is 0 Å². The maximum Gasteiger partial charge on any atom is 0.416 e. The Morgan fingerprint density at radius 3 is 2.25 bits per heavy atom. The van der Waals surface area contributed by atoms with Crippen LogP contribution in [0.5, 0.6) is 0 Å². The molecule has 156 valence electrons. The van der Waals surface area contributed by atoms with Crippen LogP contribution in [0.2, 0.25) is 0 Å². The third kappa shape index (κ3) is 6.70. The highest BCUT2D eigenvalue weighted by Gasteiger charge is 2.32. The van der Waals surface area contributed by atoms with Crippen LogP contribution in [-0.4, -0.2) is 42.6 Å². The lowest BCUT2D eigenvalue weighted by molar-refractivity contribution is -0.137. The number of nitrogens with one attached hydrogen (secondary N) is 2. The van der Waals surface area contributed by atoms with Crippen LogP contribution in [0.15, 0.2) is 24.3 Å². The average molecular weight is 411 g/mol. The topological polar surface area (TPSA) is 61.4 Å². The van der Waals surface area contributed by atoms with Crippen molar-refractivity contribution in [1.82, 2.24) is 15.5 Å². The number of amides is 3. The molecule has 1 aliphatic heterocycles. The summed E-state index contributed by atoms with van der Waals surface area (Å²) in [5, 5.41) is 3.35. The number of halogens is 6. The van der Waals surface area contributed by atoms with Crippen LogP contribution >= 0.6 is 0 Å². The third-order valence-corrected chi connectivity index (χ3v) is 4.29. The van der Waals surface area contributed by atoms with Gasteiger partial charge in [-0.2, -0.15) is 26.3 Å². The minimum atomic E-state index is -4.60. The number of carbonyl (C=O) groups excluding carboxylic acids is 2. The normalized spacial score (nSPS) is 18.6. The smallest absolute Gasteiger partial charge is 0.329 e. The zero-order valence-electron chi connectivity index (χ0n) is 14.7. The molecule has 1 aliphatic rings. The zero-order chi connectivity index (χ0) is 20.9. The molecule has 0 bridgehead atoms. The van der Waals surface area contributed by atoms with E-state index in [9.17, 15) is 35.9 Å². The molecule has 0 aliphatic carbocycles. The van der Waals surface area contributed by atoms with Crippen LogP contribution < -0.4 is 10.6 Å². The van der Waals surface area contributed by atoms with E-state index >= 15 is 0 Å². The molecule has 0 radical (unpaired) electrons. The number of benzene rings is 1. The molecule has 1 atom stereocenters. The van der Waals surface area contributed by atoms with E-state index in [1.165, 1.54) is 17.4 Å². The lowest BCUT2D eigenvalue weighted by atomic mass is 9.94. The summed E-state index contributed by atoms with van der Waals surface area (Å²) in [6.07, 6.45) is -6.87. The molecule has 1 aromatic carbocycles. The highest BCUT2D eigenvalue weighted by Crippen LogP contribution is 2.34. The summed E-state index contributed by atoms with van der Waals surface area (Å²) < 4.78 is 74.3. The molecule has 1 fully saturated rings. The number of carbonyl (C=O) groups is 2. The highest BCUT2D eigenvalue weighted by atomic mass is 19.4. The van der Waals surface area contributed by atoms with Crippen molar-refractivity contribution >= 4 is 11.9 Å². The fraction of sp³-hybridized carbons (Fsp3) is 0.529. The molecule has 0 saturated carbocycles. The Morgan fingerprint density at radius 2 is 1.68 bits per heavy atom. The second kappa shape index (κ2) is 8.80.